The number of thioether (sulfide) groups is 1. The van der Waals surface area contributed by atoms with Crippen LogP contribution in [-0.4, -0.2) is 36.1 Å². The summed E-state index contributed by atoms with van der Waals surface area (Å²) in [5.74, 6) is 1.83. The van der Waals surface area contributed by atoms with E-state index in [2.05, 4.69) is 23.5 Å². The fourth-order valence-electron chi connectivity index (χ4n) is 1.57. The van der Waals surface area contributed by atoms with Gasteiger partial charge in [-0.3, -0.25) is 0 Å². The van der Waals surface area contributed by atoms with Gasteiger partial charge in [-0.2, -0.15) is 11.8 Å². The molecule has 106 valence electrons. The van der Waals surface area contributed by atoms with Crippen LogP contribution >= 0.6 is 11.8 Å². The van der Waals surface area contributed by atoms with Gasteiger partial charge in [-0.15, -0.1) is 0 Å². The van der Waals surface area contributed by atoms with E-state index >= 15 is 0 Å². The Morgan fingerprint density at radius 3 is 3.00 bits per heavy atom. The minimum atomic E-state index is -0.414. The van der Waals surface area contributed by atoms with Crippen molar-refractivity contribution in [3.05, 3.63) is 17.8 Å². The zero-order chi connectivity index (χ0) is 14.3. The van der Waals surface area contributed by atoms with Crippen LogP contribution < -0.4 is 11.1 Å². The third-order valence-electron chi connectivity index (χ3n) is 2.51. The monoisotopic (exact) mass is 283 g/mol. The minimum absolute atomic E-state index is 0.327. The molecule has 0 amide bonds. The summed E-state index contributed by atoms with van der Waals surface area (Å²) in [7, 11) is 0. The molecule has 1 unspecified atom stereocenters. The second-order valence-electron chi connectivity index (χ2n) is 4.32. The first-order valence-electron chi connectivity index (χ1n) is 6.23. The molecule has 1 aromatic rings. The van der Waals surface area contributed by atoms with E-state index in [4.69, 9.17) is 10.5 Å². The Hall–Kier alpha value is -1.43. The summed E-state index contributed by atoms with van der Waals surface area (Å²) in [4.78, 5) is 15.9. The molecule has 1 aromatic heterocycles. The van der Waals surface area contributed by atoms with Crippen LogP contribution in [0, 0.1) is 5.92 Å². The van der Waals surface area contributed by atoms with Crippen LogP contribution in [0.1, 0.15) is 24.2 Å². The van der Waals surface area contributed by atoms with Crippen LogP contribution in [0.5, 0.6) is 0 Å². The molecule has 3 N–H and O–H groups in total. The Morgan fingerprint density at radius 2 is 2.37 bits per heavy atom. The van der Waals surface area contributed by atoms with E-state index in [0.717, 1.165) is 12.3 Å². The van der Waals surface area contributed by atoms with Crippen molar-refractivity contribution in [2.24, 2.45) is 5.92 Å². The van der Waals surface area contributed by atoms with Crippen LogP contribution in [0.25, 0.3) is 0 Å². The highest BCUT2D eigenvalue weighted by molar-refractivity contribution is 7.98. The number of ether oxygens (including phenoxy) is 1. The van der Waals surface area contributed by atoms with Gasteiger partial charge in [0.05, 0.1) is 24.1 Å². The number of nitrogens with zero attached hydrogens (tertiary/aromatic N) is 1. The number of anilines is 2. The SMILES string of the molecule is CCOC(=O)c1cc(NCC(C)CSC)ncc1N. The van der Waals surface area contributed by atoms with E-state index in [-0.39, 0.29) is 0 Å². The topological polar surface area (TPSA) is 77.2 Å². The number of carbonyl (C=O) groups excluding carboxylic acids is 1. The molecule has 6 heteroatoms. The molecular formula is C13H21N3O2S. The number of pyridine rings is 1. The molecule has 1 rings (SSSR count). The summed E-state index contributed by atoms with van der Waals surface area (Å²) in [6, 6.07) is 1.64. The molecule has 5 nitrogen and oxygen atoms in total. The molecule has 0 aliphatic rings. The first kappa shape index (κ1) is 15.6. The van der Waals surface area contributed by atoms with Crippen LogP contribution in [0.2, 0.25) is 0 Å². The highest BCUT2D eigenvalue weighted by atomic mass is 32.2. The van der Waals surface area contributed by atoms with E-state index in [1.165, 1.54) is 6.20 Å². The molecule has 0 saturated carbocycles. The molecule has 0 spiro atoms. The van der Waals surface area contributed by atoms with Gasteiger partial charge >= 0.3 is 5.97 Å². The summed E-state index contributed by atoms with van der Waals surface area (Å²) in [6.45, 7) is 5.06. The van der Waals surface area contributed by atoms with Gasteiger partial charge in [-0.25, -0.2) is 9.78 Å². The second-order valence-corrected chi connectivity index (χ2v) is 5.23. The number of nitrogens with one attached hydrogen (secondary N) is 1. The fraction of sp³-hybridized carbons (Fsp3) is 0.538. The maximum atomic E-state index is 11.7. The van der Waals surface area contributed by atoms with Crippen molar-refractivity contribution in [2.45, 2.75) is 13.8 Å². The van der Waals surface area contributed by atoms with Crippen molar-refractivity contribution >= 4 is 29.2 Å². The van der Waals surface area contributed by atoms with Crippen LogP contribution in [0.3, 0.4) is 0 Å². The lowest BCUT2D eigenvalue weighted by Gasteiger charge is -2.13. The fourth-order valence-corrected chi connectivity index (χ4v) is 2.26. The zero-order valence-corrected chi connectivity index (χ0v) is 12.4. The summed E-state index contributed by atoms with van der Waals surface area (Å²) >= 11 is 1.81. The van der Waals surface area contributed by atoms with Crippen molar-refractivity contribution in [2.75, 3.05) is 36.2 Å². The normalized spacial score (nSPS) is 11.9. The average molecular weight is 283 g/mol. The predicted octanol–water partition coefficient (Wildman–Crippen LogP) is 2.25. The van der Waals surface area contributed by atoms with Gasteiger partial charge in [-0.05, 0) is 30.9 Å². The lowest BCUT2D eigenvalue weighted by molar-refractivity contribution is 0.0527. The number of nitrogens with two attached hydrogens (primary N) is 1. The van der Waals surface area contributed by atoms with E-state index in [1.54, 1.807) is 13.0 Å². The van der Waals surface area contributed by atoms with Crippen molar-refractivity contribution in [3.63, 3.8) is 0 Å². The summed E-state index contributed by atoms with van der Waals surface area (Å²) < 4.78 is 4.95. The molecule has 0 fully saturated rings. The van der Waals surface area contributed by atoms with Gasteiger partial charge in [-0.1, -0.05) is 6.92 Å². The summed E-state index contributed by atoms with van der Waals surface area (Å²) in [5, 5.41) is 3.21. The van der Waals surface area contributed by atoms with Gasteiger partial charge in [0.25, 0.3) is 0 Å². The Labute approximate surface area is 118 Å². The molecule has 0 aromatic carbocycles. The first-order chi connectivity index (χ1) is 9.08. The highest BCUT2D eigenvalue weighted by Gasteiger charge is 2.12. The van der Waals surface area contributed by atoms with Gasteiger partial charge in [0, 0.05) is 6.54 Å². The third-order valence-corrected chi connectivity index (χ3v) is 3.42. The summed E-state index contributed by atoms with van der Waals surface area (Å²) in [6.07, 6.45) is 3.56. The molecule has 1 atom stereocenters. The number of rotatable bonds is 7. The largest absolute Gasteiger partial charge is 0.462 e. The van der Waals surface area contributed by atoms with E-state index in [9.17, 15) is 4.79 Å². The highest BCUT2D eigenvalue weighted by Crippen LogP contribution is 2.16. The molecule has 0 radical (unpaired) electrons. The minimum Gasteiger partial charge on any atom is -0.462 e. The van der Waals surface area contributed by atoms with Gasteiger partial charge in [0.2, 0.25) is 0 Å². The number of hydrogen-bond donors (Lipinski definition) is 2. The predicted molar refractivity (Wildman–Crippen MR) is 80.6 cm³/mol. The Morgan fingerprint density at radius 1 is 1.63 bits per heavy atom. The maximum absolute atomic E-state index is 11.7. The van der Waals surface area contributed by atoms with E-state index in [1.807, 2.05) is 11.8 Å². The Kier molecular flexibility index (Phi) is 6.49. The smallest absolute Gasteiger partial charge is 0.340 e. The van der Waals surface area contributed by atoms with Gasteiger partial charge in [0.1, 0.15) is 5.82 Å². The van der Waals surface area contributed by atoms with E-state index in [0.29, 0.717) is 29.6 Å². The third kappa shape index (κ3) is 4.98. The van der Waals surface area contributed by atoms with Crippen LogP contribution in [-0.2, 0) is 4.74 Å². The average Bonchev–Trinajstić information content (AvgIpc) is 2.38. The number of esters is 1. The standard InChI is InChI=1S/C13H21N3O2S/c1-4-18-13(17)10-5-12(16-7-11(10)14)15-6-9(2)8-19-3/h5,7,9H,4,6,8,14H2,1-3H3,(H,15,16). The quantitative estimate of drug-likeness (QED) is 0.747. The molecule has 0 aliphatic carbocycles. The van der Waals surface area contributed by atoms with Crippen molar-refractivity contribution in [3.8, 4) is 0 Å². The number of nitrogen functional groups attached to an aromatic ring is 1. The Balaban J connectivity index is 2.70. The van der Waals surface area contributed by atoms with Crippen molar-refractivity contribution in [1.29, 1.82) is 0 Å². The second kappa shape index (κ2) is 7.89. The number of hydrogen-bond acceptors (Lipinski definition) is 6. The number of aromatic nitrogens is 1. The van der Waals surface area contributed by atoms with E-state index < -0.39 is 5.97 Å². The molecule has 0 bridgehead atoms. The van der Waals surface area contributed by atoms with Crippen molar-refractivity contribution < 1.29 is 9.53 Å². The molecule has 0 saturated heterocycles. The molecule has 1 heterocycles. The zero-order valence-electron chi connectivity index (χ0n) is 11.6. The van der Waals surface area contributed by atoms with Crippen molar-refractivity contribution in [1.82, 2.24) is 4.98 Å². The number of carbonyl (C=O) groups is 1. The van der Waals surface area contributed by atoms with Gasteiger partial charge < -0.3 is 15.8 Å². The Bertz CT molecular complexity index is 426. The van der Waals surface area contributed by atoms with Crippen LogP contribution in [0.15, 0.2) is 12.3 Å². The maximum Gasteiger partial charge on any atom is 0.340 e. The first-order valence-corrected chi connectivity index (χ1v) is 7.63. The lowest BCUT2D eigenvalue weighted by atomic mass is 10.2. The summed E-state index contributed by atoms with van der Waals surface area (Å²) in [5.41, 5.74) is 6.42. The van der Waals surface area contributed by atoms with Gasteiger partial charge in [0.15, 0.2) is 0 Å². The molecule has 19 heavy (non-hydrogen) atoms. The molecular weight excluding hydrogens is 262 g/mol. The lowest BCUT2D eigenvalue weighted by Crippen LogP contribution is -2.15. The van der Waals surface area contributed by atoms with Crippen LogP contribution in [0.4, 0.5) is 11.5 Å². The molecule has 0 aliphatic heterocycles.